The number of nitrogens with one attached hydrogen (secondary N) is 1. The molecule has 1 amide bonds. The number of fused-ring (bicyclic) bond motifs is 1. The molecule has 0 aromatic carbocycles. The zero-order valence-corrected chi connectivity index (χ0v) is 13.4. The molecule has 9 nitrogen and oxygen atoms in total. The van der Waals surface area contributed by atoms with E-state index in [1.807, 2.05) is 0 Å². The number of amides is 1. The van der Waals surface area contributed by atoms with E-state index in [-0.39, 0.29) is 12.5 Å². The van der Waals surface area contributed by atoms with Gasteiger partial charge in [-0.1, -0.05) is 0 Å². The summed E-state index contributed by atoms with van der Waals surface area (Å²) < 4.78 is 21.5. The van der Waals surface area contributed by atoms with Gasteiger partial charge in [-0.2, -0.15) is 0 Å². The fourth-order valence-corrected chi connectivity index (χ4v) is 2.64. The normalized spacial score (nSPS) is 32.2. The van der Waals surface area contributed by atoms with Gasteiger partial charge in [0, 0.05) is 27.7 Å². The monoisotopic (exact) mass is 328 g/mol. The molecule has 23 heavy (non-hydrogen) atoms. The van der Waals surface area contributed by atoms with Crippen molar-refractivity contribution in [2.45, 2.75) is 58.3 Å². The average Bonchev–Trinajstić information content (AvgIpc) is 2.78. The molecule has 2 rings (SSSR count). The first-order valence-electron chi connectivity index (χ1n) is 7.22. The van der Waals surface area contributed by atoms with Crippen LogP contribution >= 0.6 is 0 Å². The van der Waals surface area contributed by atoms with Gasteiger partial charge < -0.3 is 24.3 Å². The number of carbonyl (C=O) groups is 3. The maximum Gasteiger partial charge on any atom is 0.303 e. The molecule has 0 saturated carbocycles. The first-order chi connectivity index (χ1) is 10.8. The highest BCUT2D eigenvalue weighted by atomic mass is 16.7. The van der Waals surface area contributed by atoms with Crippen LogP contribution in [-0.2, 0) is 33.3 Å². The van der Waals surface area contributed by atoms with Crippen LogP contribution in [0.5, 0.6) is 0 Å². The van der Waals surface area contributed by atoms with Crippen LogP contribution in [-0.4, -0.2) is 60.9 Å². The molecular formula is C14H20N2O7. The summed E-state index contributed by atoms with van der Waals surface area (Å²) >= 11 is 0. The van der Waals surface area contributed by atoms with E-state index >= 15 is 0 Å². The minimum absolute atomic E-state index is 0.107. The van der Waals surface area contributed by atoms with E-state index in [0.717, 1.165) is 0 Å². The summed E-state index contributed by atoms with van der Waals surface area (Å²) in [7, 11) is 0. The van der Waals surface area contributed by atoms with Crippen LogP contribution < -0.4 is 5.32 Å². The Kier molecular flexibility index (Phi) is 5.19. The number of hydrogen-bond acceptors (Lipinski definition) is 8. The van der Waals surface area contributed by atoms with Crippen molar-refractivity contribution in [1.29, 1.82) is 0 Å². The fraction of sp³-hybridized carbons (Fsp3) is 0.714. The molecular weight excluding hydrogens is 308 g/mol. The number of nitrogens with zero attached hydrogens (tertiary/aromatic N) is 1. The van der Waals surface area contributed by atoms with Gasteiger partial charge in [-0.25, -0.2) is 4.99 Å². The maximum absolute atomic E-state index is 11.5. The summed E-state index contributed by atoms with van der Waals surface area (Å²) in [5.41, 5.74) is 0. The summed E-state index contributed by atoms with van der Waals surface area (Å²) in [6.07, 6.45) is -2.27. The molecule has 0 aromatic heterocycles. The number of esters is 2. The second-order valence-corrected chi connectivity index (χ2v) is 5.40. The van der Waals surface area contributed by atoms with E-state index in [1.165, 1.54) is 20.8 Å². The molecule has 2 heterocycles. The molecule has 0 radical (unpaired) electrons. The lowest BCUT2D eigenvalue weighted by molar-refractivity contribution is -0.215. The number of aliphatic imine (C=N–C) groups is 1. The van der Waals surface area contributed by atoms with E-state index in [1.54, 1.807) is 6.92 Å². The maximum atomic E-state index is 11.5. The second-order valence-electron chi connectivity index (χ2n) is 5.40. The smallest absolute Gasteiger partial charge is 0.303 e. The van der Waals surface area contributed by atoms with Crippen molar-refractivity contribution >= 4 is 23.7 Å². The molecule has 1 N–H and O–H groups in total. The predicted molar refractivity (Wildman–Crippen MR) is 76.4 cm³/mol. The Morgan fingerprint density at radius 2 is 1.91 bits per heavy atom. The Bertz CT molecular complexity index is 533. The van der Waals surface area contributed by atoms with Gasteiger partial charge in [-0.3, -0.25) is 14.4 Å². The Balaban J connectivity index is 2.26. The molecule has 0 aromatic rings. The van der Waals surface area contributed by atoms with Crippen LogP contribution in [0.3, 0.4) is 0 Å². The van der Waals surface area contributed by atoms with Gasteiger partial charge in [0.15, 0.2) is 18.0 Å². The molecule has 3 unspecified atom stereocenters. The minimum Gasteiger partial charge on any atom is -0.463 e. The number of ether oxygens (including phenoxy) is 4. The fourth-order valence-electron chi connectivity index (χ4n) is 2.64. The molecule has 1 fully saturated rings. The third kappa shape index (κ3) is 4.19. The van der Waals surface area contributed by atoms with Gasteiger partial charge in [0.2, 0.25) is 12.2 Å². The van der Waals surface area contributed by atoms with Crippen LogP contribution in [0.25, 0.3) is 0 Å². The van der Waals surface area contributed by atoms with E-state index in [4.69, 9.17) is 18.9 Å². The molecule has 0 bridgehead atoms. The lowest BCUT2D eigenvalue weighted by Gasteiger charge is -2.41. The van der Waals surface area contributed by atoms with Gasteiger partial charge in [0.25, 0.3) is 0 Å². The molecule has 9 heteroatoms. The Labute approximate surface area is 133 Å². The lowest BCUT2D eigenvalue weighted by atomic mass is 9.94. The molecule has 2 aliphatic rings. The highest BCUT2D eigenvalue weighted by Gasteiger charge is 2.52. The zero-order chi connectivity index (χ0) is 17.1. The van der Waals surface area contributed by atoms with Gasteiger partial charge >= 0.3 is 11.9 Å². The first kappa shape index (κ1) is 17.2. The van der Waals surface area contributed by atoms with Gasteiger partial charge in [-0.05, 0) is 0 Å². The number of rotatable bonds is 4. The highest BCUT2D eigenvalue weighted by molar-refractivity contribution is 5.76. The first-order valence-corrected chi connectivity index (χ1v) is 7.22. The molecule has 0 spiro atoms. The molecule has 5 atom stereocenters. The van der Waals surface area contributed by atoms with Crippen LogP contribution in [0.1, 0.15) is 27.7 Å². The van der Waals surface area contributed by atoms with Crippen molar-refractivity contribution in [3.63, 3.8) is 0 Å². The average molecular weight is 328 g/mol. The largest absolute Gasteiger partial charge is 0.463 e. The summed E-state index contributed by atoms with van der Waals surface area (Å²) in [6, 6.07) is -1.31. The quantitative estimate of drug-likeness (QED) is 0.694. The molecule has 1 saturated heterocycles. The Hall–Kier alpha value is -2.16. The summed E-state index contributed by atoms with van der Waals surface area (Å²) in [5, 5.41) is 2.68. The lowest BCUT2D eigenvalue weighted by Crippen LogP contribution is -2.64. The standard InChI is InChI=1S/C14H20N2O7/c1-6(17)15-11-10(5-20-8(3)18)23-14-12(16-7(2)21-14)13(11)22-9(4)19/h10-14H,5H2,1-4H3,(H,15,17)/t10?,11-,12?,13?,14+/m1/s1. The van der Waals surface area contributed by atoms with Crippen molar-refractivity contribution in [1.82, 2.24) is 5.32 Å². The zero-order valence-electron chi connectivity index (χ0n) is 13.4. The number of carbonyl (C=O) groups excluding carboxylic acids is 3. The van der Waals surface area contributed by atoms with Crippen LogP contribution in [0, 0.1) is 0 Å². The topological polar surface area (TPSA) is 113 Å². The van der Waals surface area contributed by atoms with Gasteiger partial charge in [0.1, 0.15) is 12.7 Å². The minimum atomic E-state index is -0.784. The molecule has 0 aliphatic carbocycles. The summed E-state index contributed by atoms with van der Waals surface area (Å²) in [5.74, 6) is -0.938. The Morgan fingerprint density at radius 1 is 1.22 bits per heavy atom. The third-order valence-corrected chi connectivity index (χ3v) is 3.42. The van der Waals surface area contributed by atoms with Crippen molar-refractivity contribution in [3.8, 4) is 0 Å². The van der Waals surface area contributed by atoms with E-state index < -0.39 is 42.5 Å². The Morgan fingerprint density at radius 3 is 2.48 bits per heavy atom. The second kappa shape index (κ2) is 6.95. The van der Waals surface area contributed by atoms with E-state index in [9.17, 15) is 14.4 Å². The van der Waals surface area contributed by atoms with Crippen molar-refractivity contribution < 1.29 is 33.3 Å². The van der Waals surface area contributed by atoms with Crippen LogP contribution in [0.15, 0.2) is 4.99 Å². The van der Waals surface area contributed by atoms with E-state index in [2.05, 4.69) is 10.3 Å². The molecule has 2 aliphatic heterocycles. The highest BCUT2D eigenvalue weighted by Crippen LogP contribution is 2.31. The van der Waals surface area contributed by atoms with Crippen LogP contribution in [0.4, 0.5) is 0 Å². The van der Waals surface area contributed by atoms with Crippen molar-refractivity contribution in [3.05, 3.63) is 0 Å². The van der Waals surface area contributed by atoms with Crippen molar-refractivity contribution in [2.24, 2.45) is 4.99 Å². The van der Waals surface area contributed by atoms with Crippen LogP contribution in [0.2, 0.25) is 0 Å². The van der Waals surface area contributed by atoms with Crippen molar-refractivity contribution in [2.75, 3.05) is 6.61 Å². The van der Waals surface area contributed by atoms with E-state index in [0.29, 0.717) is 5.90 Å². The number of hydrogen-bond donors (Lipinski definition) is 1. The SMILES string of the molecule is CC(=O)N[C@@H]1C(COC(C)=O)O[C@@H]2OC(C)=NC2C1OC(C)=O. The van der Waals surface area contributed by atoms with Gasteiger partial charge in [0.05, 0.1) is 6.04 Å². The predicted octanol–water partition coefficient (Wildman–Crippen LogP) is -0.472. The van der Waals surface area contributed by atoms with Gasteiger partial charge in [-0.15, -0.1) is 0 Å². The summed E-state index contributed by atoms with van der Waals surface area (Å²) in [6.45, 7) is 5.41. The summed E-state index contributed by atoms with van der Waals surface area (Å²) in [4.78, 5) is 38.3. The molecule has 128 valence electrons. The third-order valence-electron chi connectivity index (χ3n) is 3.42.